The van der Waals surface area contributed by atoms with Crippen LogP contribution >= 0.6 is 0 Å². The lowest BCUT2D eigenvalue weighted by Gasteiger charge is -2.24. The van der Waals surface area contributed by atoms with Crippen LogP contribution < -0.4 is 4.74 Å². The van der Waals surface area contributed by atoms with Gasteiger partial charge in [0.15, 0.2) is 0 Å². The van der Waals surface area contributed by atoms with Gasteiger partial charge < -0.3 is 18.8 Å². The van der Waals surface area contributed by atoms with Crippen molar-refractivity contribution in [3.8, 4) is 5.88 Å². The Hall–Kier alpha value is -2.93. The minimum atomic E-state index is -0.0793. The van der Waals surface area contributed by atoms with Crippen LogP contribution in [0.5, 0.6) is 5.88 Å². The molecule has 7 nitrogen and oxygen atoms in total. The van der Waals surface area contributed by atoms with Crippen molar-refractivity contribution in [2.24, 2.45) is 5.92 Å². The van der Waals surface area contributed by atoms with E-state index in [2.05, 4.69) is 20.4 Å². The van der Waals surface area contributed by atoms with Crippen LogP contribution in [0, 0.1) is 5.92 Å². The van der Waals surface area contributed by atoms with E-state index < -0.39 is 0 Å². The summed E-state index contributed by atoms with van der Waals surface area (Å²) in [6, 6.07) is 7.56. The fourth-order valence-corrected chi connectivity index (χ4v) is 3.54. The first-order chi connectivity index (χ1) is 13.3. The standard InChI is InChI=1S/C20H22N4O3/c1-26-19-16(4-2-6-22-19)20(25)24-10-11-27-14-15(13-24)12-17-18-5-3-8-23(18)9-7-21-17/h2-9,15H,10-14H2,1H3/t15-/m0/s1. The van der Waals surface area contributed by atoms with Crippen molar-refractivity contribution >= 4 is 11.4 Å². The van der Waals surface area contributed by atoms with Crippen molar-refractivity contribution in [1.29, 1.82) is 0 Å². The SMILES string of the molecule is COc1ncccc1C(=O)N1CCOC[C@@H](Cc2nccn3cccc23)C1. The second-order valence-corrected chi connectivity index (χ2v) is 6.63. The van der Waals surface area contributed by atoms with Gasteiger partial charge in [0.05, 0.1) is 31.5 Å². The maximum Gasteiger partial charge on any atom is 0.259 e. The summed E-state index contributed by atoms with van der Waals surface area (Å²) in [7, 11) is 1.53. The molecule has 1 saturated heterocycles. The Morgan fingerprint density at radius 2 is 2.19 bits per heavy atom. The molecule has 27 heavy (non-hydrogen) atoms. The molecule has 0 unspecified atom stereocenters. The quantitative estimate of drug-likeness (QED) is 0.707. The predicted molar refractivity (Wildman–Crippen MR) is 99.9 cm³/mol. The van der Waals surface area contributed by atoms with Crippen LogP contribution in [0.25, 0.3) is 5.52 Å². The Bertz CT molecular complexity index is 940. The molecular weight excluding hydrogens is 344 g/mol. The molecule has 1 aliphatic heterocycles. The van der Waals surface area contributed by atoms with Gasteiger partial charge in [-0.1, -0.05) is 0 Å². The van der Waals surface area contributed by atoms with Gasteiger partial charge in [-0.3, -0.25) is 9.78 Å². The van der Waals surface area contributed by atoms with E-state index in [-0.39, 0.29) is 11.8 Å². The Kier molecular flexibility index (Phi) is 5.02. The average Bonchev–Trinajstić information content (AvgIpc) is 3.07. The maximum atomic E-state index is 13.0. The summed E-state index contributed by atoms with van der Waals surface area (Å²) in [6.45, 7) is 2.29. The zero-order valence-corrected chi connectivity index (χ0v) is 15.2. The third-order valence-corrected chi connectivity index (χ3v) is 4.83. The molecule has 0 aromatic carbocycles. The number of amides is 1. The number of hydrogen-bond acceptors (Lipinski definition) is 5. The van der Waals surface area contributed by atoms with Crippen molar-refractivity contribution in [3.05, 3.63) is 60.3 Å². The van der Waals surface area contributed by atoms with Crippen molar-refractivity contribution < 1.29 is 14.3 Å². The summed E-state index contributed by atoms with van der Waals surface area (Å²) in [5.74, 6) is 0.445. The van der Waals surface area contributed by atoms with E-state index in [4.69, 9.17) is 9.47 Å². The lowest BCUT2D eigenvalue weighted by atomic mass is 10.0. The lowest BCUT2D eigenvalue weighted by Crippen LogP contribution is -2.36. The predicted octanol–water partition coefficient (Wildman–Crippen LogP) is 2.07. The molecule has 0 aliphatic carbocycles. The zero-order chi connectivity index (χ0) is 18.6. The van der Waals surface area contributed by atoms with E-state index in [0.717, 1.165) is 17.6 Å². The van der Waals surface area contributed by atoms with Gasteiger partial charge in [-0.15, -0.1) is 0 Å². The van der Waals surface area contributed by atoms with Crippen LogP contribution in [0.4, 0.5) is 0 Å². The highest BCUT2D eigenvalue weighted by Gasteiger charge is 2.26. The van der Waals surface area contributed by atoms with Gasteiger partial charge in [0.25, 0.3) is 5.91 Å². The van der Waals surface area contributed by atoms with Crippen LogP contribution in [0.1, 0.15) is 16.1 Å². The molecule has 0 bridgehead atoms. The van der Waals surface area contributed by atoms with E-state index in [1.165, 1.54) is 7.11 Å². The number of carbonyl (C=O) groups excluding carboxylic acids is 1. The van der Waals surface area contributed by atoms with E-state index in [1.54, 1.807) is 18.3 Å². The van der Waals surface area contributed by atoms with E-state index in [0.29, 0.717) is 37.7 Å². The molecule has 7 heteroatoms. The Morgan fingerprint density at radius 1 is 1.26 bits per heavy atom. The largest absolute Gasteiger partial charge is 0.480 e. The number of carbonyl (C=O) groups is 1. The van der Waals surface area contributed by atoms with Gasteiger partial charge in [0, 0.05) is 43.8 Å². The third-order valence-electron chi connectivity index (χ3n) is 4.83. The van der Waals surface area contributed by atoms with Gasteiger partial charge in [-0.2, -0.15) is 0 Å². The lowest BCUT2D eigenvalue weighted by molar-refractivity contribution is 0.0733. The first kappa shape index (κ1) is 17.5. The fraction of sp³-hybridized carbons (Fsp3) is 0.350. The molecule has 1 fully saturated rings. The van der Waals surface area contributed by atoms with Crippen LogP contribution in [0.2, 0.25) is 0 Å². The van der Waals surface area contributed by atoms with Crippen LogP contribution in [-0.4, -0.2) is 58.6 Å². The van der Waals surface area contributed by atoms with Crippen molar-refractivity contribution in [3.63, 3.8) is 0 Å². The summed E-state index contributed by atoms with van der Waals surface area (Å²) in [6.07, 6.45) is 8.13. The minimum absolute atomic E-state index is 0.0793. The highest BCUT2D eigenvalue weighted by Crippen LogP contribution is 2.21. The first-order valence-electron chi connectivity index (χ1n) is 9.03. The van der Waals surface area contributed by atoms with Crippen molar-refractivity contribution in [2.75, 3.05) is 33.4 Å². The summed E-state index contributed by atoms with van der Waals surface area (Å²) in [4.78, 5) is 23.5. The molecule has 140 valence electrons. The molecule has 1 atom stereocenters. The van der Waals surface area contributed by atoms with Gasteiger partial charge in [-0.25, -0.2) is 4.98 Å². The van der Waals surface area contributed by atoms with E-state index in [9.17, 15) is 4.79 Å². The molecule has 0 N–H and O–H groups in total. The normalized spacial score (nSPS) is 17.7. The van der Waals surface area contributed by atoms with Crippen LogP contribution in [0.15, 0.2) is 49.1 Å². The number of rotatable bonds is 4. The smallest absolute Gasteiger partial charge is 0.259 e. The fourth-order valence-electron chi connectivity index (χ4n) is 3.54. The number of methoxy groups -OCH3 is 1. The molecule has 1 aliphatic rings. The molecule has 1 amide bonds. The number of fused-ring (bicyclic) bond motifs is 1. The zero-order valence-electron chi connectivity index (χ0n) is 15.2. The topological polar surface area (TPSA) is 69.0 Å². The Balaban J connectivity index is 1.54. The van der Waals surface area contributed by atoms with Gasteiger partial charge >= 0.3 is 0 Å². The average molecular weight is 366 g/mol. The second-order valence-electron chi connectivity index (χ2n) is 6.63. The number of hydrogen-bond donors (Lipinski definition) is 0. The first-order valence-corrected chi connectivity index (χ1v) is 9.03. The third kappa shape index (κ3) is 3.64. The summed E-state index contributed by atoms with van der Waals surface area (Å²) >= 11 is 0. The molecule has 0 radical (unpaired) electrons. The molecule has 4 rings (SSSR count). The number of ether oxygens (including phenoxy) is 2. The summed E-state index contributed by atoms with van der Waals surface area (Å²) in [5, 5.41) is 0. The molecule has 3 aromatic heterocycles. The van der Waals surface area contributed by atoms with E-state index in [1.807, 2.05) is 29.6 Å². The van der Waals surface area contributed by atoms with Crippen LogP contribution in [-0.2, 0) is 11.2 Å². The number of pyridine rings is 1. The van der Waals surface area contributed by atoms with Gasteiger partial charge in [-0.05, 0) is 30.7 Å². The van der Waals surface area contributed by atoms with Crippen LogP contribution in [0.3, 0.4) is 0 Å². The maximum absolute atomic E-state index is 13.0. The Labute approximate surface area is 157 Å². The molecule has 4 heterocycles. The number of aromatic nitrogens is 3. The monoisotopic (exact) mass is 366 g/mol. The minimum Gasteiger partial charge on any atom is -0.480 e. The molecule has 0 saturated carbocycles. The summed E-state index contributed by atoms with van der Waals surface area (Å²) in [5.41, 5.74) is 2.59. The van der Waals surface area contributed by atoms with Crippen molar-refractivity contribution in [2.45, 2.75) is 6.42 Å². The molecule has 3 aromatic rings. The van der Waals surface area contributed by atoms with Crippen molar-refractivity contribution in [1.82, 2.24) is 19.3 Å². The van der Waals surface area contributed by atoms with E-state index >= 15 is 0 Å². The molecule has 0 spiro atoms. The highest BCUT2D eigenvalue weighted by atomic mass is 16.5. The molecular formula is C20H22N4O3. The van der Waals surface area contributed by atoms with Gasteiger partial charge in [0.2, 0.25) is 5.88 Å². The summed E-state index contributed by atoms with van der Waals surface area (Å²) < 4.78 is 13.1. The number of nitrogens with zero attached hydrogens (tertiary/aromatic N) is 4. The Morgan fingerprint density at radius 3 is 3.07 bits per heavy atom. The second kappa shape index (κ2) is 7.75. The highest BCUT2D eigenvalue weighted by molar-refractivity contribution is 5.96. The van der Waals surface area contributed by atoms with Gasteiger partial charge in [0.1, 0.15) is 5.56 Å².